The van der Waals surface area contributed by atoms with Gasteiger partial charge in [0.2, 0.25) is 0 Å². The molecule has 13 rings (SSSR count). The van der Waals surface area contributed by atoms with Crippen molar-refractivity contribution in [1.29, 1.82) is 0 Å². The van der Waals surface area contributed by atoms with Crippen LogP contribution in [-0.4, -0.2) is 0 Å². The van der Waals surface area contributed by atoms with Gasteiger partial charge in [0.1, 0.15) is 0 Å². The summed E-state index contributed by atoms with van der Waals surface area (Å²) >= 11 is 1.97. The molecule has 1 nitrogen and oxygen atoms in total. The number of nitrogens with zero attached hydrogens (tertiary/aromatic N) is 1. The van der Waals surface area contributed by atoms with Gasteiger partial charge in [-0.15, -0.1) is 11.3 Å². The maximum Gasteiger partial charge on any atom is 0.0820 e. The molecule has 0 unspecified atom stereocenters. The highest BCUT2D eigenvalue weighted by molar-refractivity contribution is 7.20. The molecule has 1 spiro atoms. The highest BCUT2D eigenvalue weighted by Gasteiger charge is 2.54. The molecule has 0 saturated heterocycles. The Balaban J connectivity index is 1.10. The van der Waals surface area contributed by atoms with Crippen LogP contribution in [0.5, 0.6) is 0 Å². The summed E-state index contributed by atoms with van der Waals surface area (Å²) in [7, 11) is 0. The average molecular weight is 808 g/mol. The minimum absolute atomic E-state index is 0.215. The largest absolute Gasteiger partial charge is 0.309 e. The molecule has 62 heavy (non-hydrogen) atoms. The quantitative estimate of drug-likeness (QED) is 0.167. The molecule has 0 N–H and O–H groups in total. The first-order valence-electron chi connectivity index (χ1n) is 21.7. The van der Waals surface area contributed by atoms with Gasteiger partial charge in [0, 0.05) is 42.8 Å². The Labute approximate surface area is 366 Å². The Hall–Kier alpha value is -7.26. The van der Waals surface area contributed by atoms with Crippen LogP contribution in [0.1, 0.15) is 46.5 Å². The van der Waals surface area contributed by atoms with Crippen molar-refractivity contribution in [2.45, 2.75) is 24.7 Å². The standard InChI is InChI=1S/C60H41NS/c1-59(2)51-36-40(38-18-5-3-6-19-38)32-34-45(51)46-35-33-41(37-52(46)59)61(53-29-15-11-22-42(53)39-20-7-4-8-21-39)54-30-17-28-50-57(54)56-47-25-12-16-31-55(47)62-58(56)60(50)48-26-13-9-23-43(48)44-24-10-14-27-49(44)60/h3-37H,1-2H3. The number of fused-ring (bicyclic) bond motifs is 15. The number of anilines is 3. The predicted octanol–water partition coefficient (Wildman–Crippen LogP) is 16.4. The lowest BCUT2D eigenvalue weighted by atomic mass is 9.74. The molecule has 0 saturated carbocycles. The van der Waals surface area contributed by atoms with Crippen molar-refractivity contribution in [2.75, 3.05) is 4.90 Å². The minimum atomic E-state index is -0.444. The van der Waals surface area contributed by atoms with Crippen molar-refractivity contribution in [3.05, 3.63) is 245 Å². The van der Waals surface area contributed by atoms with Gasteiger partial charge in [-0.1, -0.05) is 190 Å². The fourth-order valence-corrected chi connectivity index (χ4v) is 12.8. The Morgan fingerprint density at radius 1 is 0.371 bits per heavy atom. The van der Waals surface area contributed by atoms with Gasteiger partial charge in [0.25, 0.3) is 0 Å². The number of benzene rings is 9. The molecule has 0 radical (unpaired) electrons. The van der Waals surface area contributed by atoms with Gasteiger partial charge in [0.05, 0.1) is 16.8 Å². The van der Waals surface area contributed by atoms with Crippen LogP contribution in [0, 0.1) is 0 Å². The summed E-state index contributed by atoms with van der Waals surface area (Å²) in [6.45, 7) is 4.81. The monoisotopic (exact) mass is 807 g/mol. The third kappa shape index (κ3) is 4.73. The van der Waals surface area contributed by atoms with Gasteiger partial charge < -0.3 is 4.90 Å². The highest BCUT2D eigenvalue weighted by atomic mass is 32.1. The van der Waals surface area contributed by atoms with Crippen molar-refractivity contribution >= 4 is 38.5 Å². The van der Waals surface area contributed by atoms with E-state index in [-0.39, 0.29) is 5.41 Å². The number of hydrogen-bond acceptors (Lipinski definition) is 2. The van der Waals surface area contributed by atoms with E-state index in [9.17, 15) is 0 Å². The lowest BCUT2D eigenvalue weighted by molar-refractivity contribution is 0.660. The summed E-state index contributed by atoms with van der Waals surface area (Å²) < 4.78 is 1.32. The Kier molecular flexibility index (Phi) is 7.51. The van der Waals surface area contributed by atoms with E-state index in [1.165, 1.54) is 104 Å². The predicted molar refractivity (Wildman–Crippen MR) is 261 cm³/mol. The molecule has 2 heteroatoms. The first-order valence-corrected chi connectivity index (χ1v) is 22.5. The zero-order valence-electron chi connectivity index (χ0n) is 34.6. The zero-order chi connectivity index (χ0) is 41.2. The van der Waals surface area contributed by atoms with Crippen LogP contribution in [0.15, 0.2) is 212 Å². The second-order valence-electron chi connectivity index (χ2n) is 17.5. The van der Waals surface area contributed by atoms with Gasteiger partial charge in [-0.25, -0.2) is 0 Å². The Morgan fingerprint density at radius 3 is 1.66 bits per heavy atom. The third-order valence-electron chi connectivity index (χ3n) is 14.1. The second-order valence-corrected chi connectivity index (χ2v) is 18.6. The summed E-state index contributed by atoms with van der Waals surface area (Å²) in [5.74, 6) is 0. The Morgan fingerprint density at radius 2 is 0.919 bits per heavy atom. The summed E-state index contributed by atoms with van der Waals surface area (Å²) in [5, 5.41) is 1.32. The van der Waals surface area contributed by atoms with Crippen molar-refractivity contribution in [2.24, 2.45) is 0 Å². The summed E-state index contributed by atoms with van der Waals surface area (Å²) in [4.78, 5) is 3.99. The molecule has 3 aliphatic rings. The van der Waals surface area contributed by atoms with Crippen LogP contribution in [0.25, 0.3) is 65.7 Å². The molecule has 0 fully saturated rings. The maximum atomic E-state index is 2.58. The first kappa shape index (κ1) is 35.5. The molecule has 1 aromatic heterocycles. The van der Waals surface area contributed by atoms with E-state index in [0.29, 0.717) is 0 Å². The second kappa shape index (κ2) is 13.1. The average Bonchev–Trinajstić information content (AvgIpc) is 4.02. The number of rotatable bonds is 5. The SMILES string of the molecule is CC1(C)c2cc(-c3ccccc3)ccc2-c2ccc(N(c3ccccc3-c3ccccc3)c3cccc4c3-c3c(sc5ccccc35)C43c4ccccc4-c4ccccc43)cc21. The van der Waals surface area contributed by atoms with Crippen LogP contribution < -0.4 is 4.90 Å². The van der Waals surface area contributed by atoms with Crippen molar-refractivity contribution in [3.63, 3.8) is 0 Å². The van der Waals surface area contributed by atoms with Gasteiger partial charge in [-0.3, -0.25) is 0 Å². The van der Waals surface area contributed by atoms with Gasteiger partial charge >= 0.3 is 0 Å². The highest BCUT2D eigenvalue weighted by Crippen LogP contribution is 2.68. The number of hydrogen-bond donors (Lipinski definition) is 0. The van der Waals surface area contributed by atoms with Gasteiger partial charge in [-0.05, 0) is 103 Å². The normalized spacial score (nSPS) is 14.2. The number of thiophene rings is 1. The smallest absolute Gasteiger partial charge is 0.0820 e. The number of para-hydroxylation sites is 1. The topological polar surface area (TPSA) is 3.24 Å². The van der Waals surface area contributed by atoms with Gasteiger partial charge in [-0.2, -0.15) is 0 Å². The van der Waals surface area contributed by atoms with Gasteiger partial charge in [0.15, 0.2) is 0 Å². The van der Waals surface area contributed by atoms with Crippen molar-refractivity contribution in [1.82, 2.24) is 0 Å². The maximum absolute atomic E-state index is 2.58. The lowest BCUT2D eigenvalue weighted by Gasteiger charge is -2.33. The fourth-order valence-electron chi connectivity index (χ4n) is 11.4. The molecule has 292 valence electrons. The van der Waals surface area contributed by atoms with E-state index in [1.807, 2.05) is 11.3 Å². The molecule has 0 aliphatic heterocycles. The van der Waals surface area contributed by atoms with E-state index in [4.69, 9.17) is 0 Å². The molecule has 1 heterocycles. The summed E-state index contributed by atoms with van der Waals surface area (Å²) in [5.41, 5.74) is 22.5. The fraction of sp³-hybridized carbons (Fsp3) is 0.0667. The molecular formula is C60H41NS. The molecule has 0 bridgehead atoms. The first-order chi connectivity index (χ1) is 30.5. The zero-order valence-corrected chi connectivity index (χ0v) is 35.4. The molecule has 10 aromatic rings. The molecular weight excluding hydrogens is 767 g/mol. The summed E-state index contributed by atoms with van der Waals surface area (Å²) in [6.07, 6.45) is 0. The van der Waals surface area contributed by atoms with Crippen LogP contribution in [0.2, 0.25) is 0 Å². The summed E-state index contributed by atoms with van der Waals surface area (Å²) in [6, 6.07) is 79.4. The van der Waals surface area contributed by atoms with Crippen molar-refractivity contribution < 1.29 is 0 Å². The third-order valence-corrected chi connectivity index (χ3v) is 15.4. The van der Waals surface area contributed by atoms with Crippen molar-refractivity contribution in [3.8, 4) is 55.6 Å². The van der Waals surface area contributed by atoms with E-state index in [0.717, 1.165) is 11.4 Å². The lowest BCUT2D eigenvalue weighted by Crippen LogP contribution is -2.25. The van der Waals surface area contributed by atoms with E-state index in [2.05, 4.69) is 231 Å². The van der Waals surface area contributed by atoms with E-state index >= 15 is 0 Å². The van der Waals surface area contributed by atoms with Crippen LogP contribution in [-0.2, 0) is 10.8 Å². The van der Waals surface area contributed by atoms with Crippen LogP contribution in [0.3, 0.4) is 0 Å². The molecule has 0 amide bonds. The molecule has 0 atom stereocenters. The molecule has 9 aromatic carbocycles. The van der Waals surface area contributed by atoms with Crippen LogP contribution >= 0.6 is 11.3 Å². The van der Waals surface area contributed by atoms with Crippen LogP contribution in [0.4, 0.5) is 17.1 Å². The van der Waals surface area contributed by atoms with E-state index in [1.54, 1.807) is 0 Å². The molecule has 3 aliphatic carbocycles. The van der Waals surface area contributed by atoms with E-state index < -0.39 is 5.41 Å². The Bertz CT molecular complexity index is 3400. The minimum Gasteiger partial charge on any atom is -0.309 e.